The molecule has 4 nitrogen and oxygen atoms in total. The molecule has 0 bridgehead atoms. The fourth-order valence-corrected chi connectivity index (χ4v) is 4.48. The molecule has 0 aromatic heterocycles. The largest absolute Gasteiger partial charge is 0.357 e. The number of carbonyl (C=O) groups excluding carboxylic acids is 2. The van der Waals surface area contributed by atoms with E-state index in [4.69, 9.17) is 0 Å². The van der Waals surface area contributed by atoms with Crippen LogP contribution in [0.5, 0.6) is 0 Å². The summed E-state index contributed by atoms with van der Waals surface area (Å²) in [5.41, 5.74) is 4.03. The molecular formula is C27H29FN2O2S. The molecule has 6 heteroatoms. The van der Waals surface area contributed by atoms with Gasteiger partial charge in [-0.1, -0.05) is 66.7 Å². The third-order valence-corrected chi connectivity index (χ3v) is 6.52. The lowest BCUT2D eigenvalue weighted by Crippen LogP contribution is -2.50. The van der Waals surface area contributed by atoms with Crippen LogP contribution in [0, 0.1) is 12.7 Å². The number of amides is 2. The number of nitrogens with zero attached hydrogens (tertiary/aromatic N) is 1. The average Bonchev–Trinajstić information content (AvgIpc) is 2.83. The van der Waals surface area contributed by atoms with E-state index in [9.17, 15) is 14.0 Å². The molecule has 0 saturated carbocycles. The Kier molecular flexibility index (Phi) is 9.07. The van der Waals surface area contributed by atoms with Gasteiger partial charge in [-0.15, -0.1) is 11.8 Å². The number of halogens is 1. The third kappa shape index (κ3) is 7.19. The van der Waals surface area contributed by atoms with Gasteiger partial charge in [-0.2, -0.15) is 0 Å². The highest BCUT2D eigenvalue weighted by Gasteiger charge is 2.29. The zero-order valence-corrected chi connectivity index (χ0v) is 19.8. The van der Waals surface area contributed by atoms with Crippen molar-refractivity contribution in [2.24, 2.45) is 0 Å². The first-order valence-corrected chi connectivity index (χ1v) is 12.0. The summed E-state index contributed by atoms with van der Waals surface area (Å²) in [5, 5.41) is 2.73. The van der Waals surface area contributed by atoms with Crippen LogP contribution in [0.4, 0.5) is 4.39 Å². The Balaban J connectivity index is 1.81. The number of benzene rings is 3. The molecule has 3 aromatic carbocycles. The Hall–Kier alpha value is -3.12. The number of aryl methyl sites for hydroxylation is 1. The summed E-state index contributed by atoms with van der Waals surface area (Å²) >= 11 is 1.46. The zero-order chi connectivity index (χ0) is 23.6. The quantitative estimate of drug-likeness (QED) is 0.471. The predicted molar refractivity (Wildman–Crippen MR) is 132 cm³/mol. The first-order valence-electron chi connectivity index (χ1n) is 10.9. The van der Waals surface area contributed by atoms with Gasteiger partial charge in [-0.25, -0.2) is 4.39 Å². The van der Waals surface area contributed by atoms with Crippen LogP contribution in [0.3, 0.4) is 0 Å². The van der Waals surface area contributed by atoms with Crippen LogP contribution in [-0.2, 0) is 28.3 Å². The van der Waals surface area contributed by atoms with Crippen molar-refractivity contribution in [3.63, 3.8) is 0 Å². The standard InChI is InChI=1S/C27H29FN2O2S/c1-20-8-6-7-11-23(20)17-30(25(27(32)29-2)16-21-9-4-3-5-10-21)26(31)19-33-18-22-12-14-24(28)15-13-22/h3-15,25H,16-19H2,1-2H3,(H,29,32)/t25-/m1/s1. The van der Waals surface area contributed by atoms with Gasteiger partial charge in [0.2, 0.25) is 11.8 Å². The van der Waals surface area contributed by atoms with Crippen LogP contribution in [-0.4, -0.2) is 35.6 Å². The van der Waals surface area contributed by atoms with E-state index in [0.29, 0.717) is 18.7 Å². The molecule has 172 valence electrons. The van der Waals surface area contributed by atoms with Crippen LogP contribution in [0.1, 0.15) is 22.3 Å². The summed E-state index contributed by atoms with van der Waals surface area (Å²) in [6.45, 7) is 2.36. The summed E-state index contributed by atoms with van der Waals surface area (Å²) in [5.74, 6) is 0.247. The summed E-state index contributed by atoms with van der Waals surface area (Å²) in [7, 11) is 1.60. The lowest BCUT2D eigenvalue weighted by molar-refractivity contribution is -0.139. The Morgan fingerprint density at radius 3 is 2.27 bits per heavy atom. The topological polar surface area (TPSA) is 49.4 Å². The van der Waals surface area contributed by atoms with Gasteiger partial charge in [0, 0.05) is 25.8 Å². The fraction of sp³-hybridized carbons (Fsp3) is 0.259. The van der Waals surface area contributed by atoms with E-state index in [0.717, 1.165) is 22.3 Å². The van der Waals surface area contributed by atoms with Gasteiger partial charge in [-0.05, 0) is 41.3 Å². The molecule has 0 aliphatic heterocycles. The summed E-state index contributed by atoms with van der Waals surface area (Å²) in [6, 6.07) is 23.3. The minimum Gasteiger partial charge on any atom is -0.357 e. The van der Waals surface area contributed by atoms with Crippen LogP contribution in [0.2, 0.25) is 0 Å². The highest BCUT2D eigenvalue weighted by Crippen LogP contribution is 2.20. The van der Waals surface area contributed by atoms with Gasteiger partial charge < -0.3 is 10.2 Å². The normalized spacial score (nSPS) is 11.6. The van der Waals surface area contributed by atoms with Crippen molar-refractivity contribution in [3.05, 3.63) is 107 Å². The number of carbonyl (C=O) groups is 2. The van der Waals surface area contributed by atoms with Crippen LogP contribution >= 0.6 is 11.8 Å². The Bertz CT molecular complexity index is 1060. The van der Waals surface area contributed by atoms with Crippen LogP contribution in [0.25, 0.3) is 0 Å². The lowest BCUT2D eigenvalue weighted by atomic mass is 10.0. The van der Waals surface area contributed by atoms with Gasteiger partial charge in [0.25, 0.3) is 0 Å². The monoisotopic (exact) mass is 464 g/mol. The molecule has 0 heterocycles. The molecule has 0 spiro atoms. The van der Waals surface area contributed by atoms with E-state index >= 15 is 0 Å². The maximum Gasteiger partial charge on any atom is 0.242 e. The van der Waals surface area contributed by atoms with Gasteiger partial charge in [0.15, 0.2) is 0 Å². The number of hydrogen-bond acceptors (Lipinski definition) is 3. The summed E-state index contributed by atoms with van der Waals surface area (Å²) in [4.78, 5) is 28.0. The van der Waals surface area contributed by atoms with E-state index in [1.165, 1.54) is 23.9 Å². The molecule has 0 aliphatic rings. The van der Waals surface area contributed by atoms with Crippen molar-refractivity contribution in [1.82, 2.24) is 10.2 Å². The van der Waals surface area contributed by atoms with Crippen molar-refractivity contribution >= 4 is 23.6 Å². The fourth-order valence-electron chi connectivity index (χ4n) is 3.61. The third-order valence-electron chi connectivity index (χ3n) is 5.53. The van der Waals surface area contributed by atoms with Gasteiger partial charge in [0.05, 0.1) is 5.75 Å². The number of likely N-dealkylation sites (N-methyl/N-ethyl adjacent to an activating group) is 1. The molecule has 1 N–H and O–H groups in total. The second-order valence-electron chi connectivity index (χ2n) is 7.89. The average molecular weight is 465 g/mol. The second-order valence-corrected chi connectivity index (χ2v) is 8.87. The number of thioether (sulfide) groups is 1. The first kappa shape index (κ1) is 24.5. The van der Waals surface area contributed by atoms with Crippen LogP contribution < -0.4 is 5.32 Å². The Morgan fingerprint density at radius 2 is 1.61 bits per heavy atom. The molecule has 2 amide bonds. The lowest BCUT2D eigenvalue weighted by Gasteiger charge is -2.31. The molecule has 1 atom stereocenters. The number of rotatable bonds is 10. The number of nitrogens with one attached hydrogen (secondary N) is 1. The van der Waals surface area contributed by atoms with Crippen molar-refractivity contribution < 1.29 is 14.0 Å². The smallest absolute Gasteiger partial charge is 0.242 e. The van der Waals surface area contributed by atoms with E-state index in [1.807, 2.05) is 61.5 Å². The number of hydrogen-bond donors (Lipinski definition) is 1. The second kappa shape index (κ2) is 12.2. The van der Waals surface area contributed by atoms with Crippen molar-refractivity contribution in [1.29, 1.82) is 0 Å². The van der Waals surface area contributed by atoms with Crippen molar-refractivity contribution in [3.8, 4) is 0 Å². The minimum atomic E-state index is -0.629. The molecule has 0 fully saturated rings. The molecule has 0 aliphatic carbocycles. The van der Waals surface area contributed by atoms with Gasteiger partial charge in [-0.3, -0.25) is 9.59 Å². The van der Waals surface area contributed by atoms with E-state index in [1.54, 1.807) is 24.1 Å². The van der Waals surface area contributed by atoms with Gasteiger partial charge in [0.1, 0.15) is 11.9 Å². The summed E-state index contributed by atoms with van der Waals surface area (Å²) in [6.07, 6.45) is 0.431. The molecule has 33 heavy (non-hydrogen) atoms. The van der Waals surface area contributed by atoms with E-state index in [2.05, 4.69) is 5.32 Å². The molecule has 3 rings (SSSR count). The molecule has 0 unspecified atom stereocenters. The zero-order valence-electron chi connectivity index (χ0n) is 19.0. The minimum absolute atomic E-state index is 0.102. The molecule has 0 saturated heterocycles. The highest BCUT2D eigenvalue weighted by atomic mass is 32.2. The molecular weight excluding hydrogens is 435 g/mol. The highest BCUT2D eigenvalue weighted by molar-refractivity contribution is 7.99. The van der Waals surface area contributed by atoms with E-state index in [-0.39, 0.29) is 23.4 Å². The molecule has 3 aromatic rings. The maximum absolute atomic E-state index is 13.4. The SMILES string of the molecule is CNC(=O)[C@@H](Cc1ccccc1)N(Cc1ccccc1C)C(=O)CSCc1ccc(F)cc1. The first-order chi connectivity index (χ1) is 16.0. The van der Waals surface area contributed by atoms with Crippen LogP contribution in [0.15, 0.2) is 78.9 Å². The summed E-state index contributed by atoms with van der Waals surface area (Å²) < 4.78 is 13.2. The predicted octanol–water partition coefficient (Wildman–Crippen LogP) is 4.75. The van der Waals surface area contributed by atoms with Crippen molar-refractivity contribution in [2.75, 3.05) is 12.8 Å². The van der Waals surface area contributed by atoms with Gasteiger partial charge >= 0.3 is 0 Å². The van der Waals surface area contributed by atoms with Crippen molar-refractivity contribution in [2.45, 2.75) is 31.7 Å². The molecule has 0 radical (unpaired) electrons. The maximum atomic E-state index is 13.4. The van der Waals surface area contributed by atoms with E-state index < -0.39 is 6.04 Å². The Morgan fingerprint density at radius 1 is 0.939 bits per heavy atom. The Labute approximate surface area is 199 Å².